The van der Waals surface area contributed by atoms with Crippen LogP contribution in [0.1, 0.15) is 71.6 Å². The van der Waals surface area contributed by atoms with Crippen molar-refractivity contribution in [1.82, 2.24) is 10.2 Å². The first-order chi connectivity index (χ1) is 9.66. The first-order valence-electron chi connectivity index (χ1n) is 9.10. The molecule has 3 atom stereocenters. The second-order valence-electron chi connectivity index (χ2n) is 7.58. The van der Waals surface area contributed by atoms with Gasteiger partial charge in [0.15, 0.2) is 0 Å². The van der Waals surface area contributed by atoms with Crippen molar-refractivity contribution < 1.29 is 0 Å². The summed E-state index contributed by atoms with van der Waals surface area (Å²) in [7, 11) is 2.33. The lowest BCUT2D eigenvalue weighted by Crippen LogP contribution is -2.41. The number of hydrogen-bond acceptors (Lipinski definition) is 2. The predicted molar refractivity (Wildman–Crippen MR) is 88.1 cm³/mol. The Morgan fingerprint density at radius 2 is 1.75 bits per heavy atom. The molecule has 0 aromatic heterocycles. The lowest BCUT2D eigenvalue weighted by Gasteiger charge is -2.34. The fourth-order valence-corrected chi connectivity index (χ4v) is 4.29. The van der Waals surface area contributed by atoms with Crippen LogP contribution in [0, 0.1) is 11.8 Å². The van der Waals surface area contributed by atoms with Crippen molar-refractivity contribution in [3.8, 4) is 0 Å². The largest absolute Gasteiger partial charge is 0.314 e. The molecule has 20 heavy (non-hydrogen) atoms. The summed E-state index contributed by atoms with van der Waals surface area (Å²) in [6.45, 7) is 7.32. The van der Waals surface area contributed by atoms with E-state index in [1.807, 2.05) is 0 Å². The second-order valence-corrected chi connectivity index (χ2v) is 7.58. The monoisotopic (exact) mass is 280 g/mol. The standard InChI is InChI=1S/C18H36N2/c1-15-10-11-18(16(2)14-15)19-12-7-13-20(3)17-8-5-4-6-9-17/h15-19H,4-14H2,1-3H3. The third-order valence-corrected chi connectivity index (χ3v) is 5.72. The summed E-state index contributed by atoms with van der Waals surface area (Å²) >= 11 is 0. The maximum absolute atomic E-state index is 3.82. The Kier molecular flexibility index (Phi) is 6.83. The Hall–Kier alpha value is -0.0800. The topological polar surface area (TPSA) is 15.3 Å². The lowest BCUT2D eigenvalue weighted by atomic mass is 9.80. The molecule has 2 aliphatic rings. The molecule has 0 radical (unpaired) electrons. The normalized spacial score (nSPS) is 32.7. The summed E-state index contributed by atoms with van der Waals surface area (Å²) in [6.07, 6.45) is 12.8. The maximum Gasteiger partial charge on any atom is 0.00928 e. The number of nitrogens with zero attached hydrogens (tertiary/aromatic N) is 1. The highest BCUT2D eigenvalue weighted by Crippen LogP contribution is 2.28. The van der Waals surface area contributed by atoms with Gasteiger partial charge in [0.05, 0.1) is 0 Å². The van der Waals surface area contributed by atoms with E-state index in [4.69, 9.17) is 0 Å². The SMILES string of the molecule is CC1CCC(NCCCN(C)C2CCCCC2)C(C)C1. The predicted octanol–water partition coefficient (Wildman–Crippen LogP) is 4.06. The Balaban J connectivity index is 1.56. The fraction of sp³-hybridized carbons (Fsp3) is 1.00. The molecule has 0 bridgehead atoms. The molecule has 0 spiro atoms. The zero-order chi connectivity index (χ0) is 14.4. The van der Waals surface area contributed by atoms with E-state index >= 15 is 0 Å². The third kappa shape index (κ3) is 5.04. The van der Waals surface area contributed by atoms with Gasteiger partial charge in [-0.15, -0.1) is 0 Å². The lowest BCUT2D eigenvalue weighted by molar-refractivity contribution is 0.184. The molecule has 0 saturated heterocycles. The van der Waals surface area contributed by atoms with Gasteiger partial charge in [-0.25, -0.2) is 0 Å². The van der Waals surface area contributed by atoms with Gasteiger partial charge in [0.2, 0.25) is 0 Å². The molecule has 118 valence electrons. The zero-order valence-electron chi connectivity index (χ0n) is 14.0. The highest BCUT2D eigenvalue weighted by Gasteiger charge is 2.24. The van der Waals surface area contributed by atoms with Crippen LogP contribution >= 0.6 is 0 Å². The molecule has 2 aliphatic carbocycles. The van der Waals surface area contributed by atoms with E-state index < -0.39 is 0 Å². The third-order valence-electron chi connectivity index (χ3n) is 5.72. The molecular weight excluding hydrogens is 244 g/mol. The van der Waals surface area contributed by atoms with E-state index in [1.165, 1.54) is 70.9 Å². The highest BCUT2D eigenvalue weighted by molar-refractivity contribution is 4.81. The van der Waals surface area contributed by atoms with E-state index in [9.17, 15) is 0 Å². The minimum Gasteiger partial charge on any atom is -0.314 e. The van der Waals surface area contributed by atoms with Crippen molar-refractivity contribution in [1.29, 1.82) is 0 Å². The van der Waals surface area contributed by atoms with Crippen molar-refractivity contribution >= 4 is 0 Å². The molecule has 0 aliphatic heterocycles. The molecule has 1 N–H and O–H groups in total. The molecule has 3 unspecified atom stereocenters. The summed E-state index contributed by atoms with van der Waals surface area (Å²) < 4.78 is 0. The van der Waals surface area contributed by atoms with Crippen LogP contribution in [0.3, 0.4) is 0 Å². The molecule has 2 rings (SSSR count). The Labute approximate surface area is 126 Å². The van der Waals surface area contributed by atoms with Gasteiger partial charge >= 0.3 is 0 Å². The van der Waals surface area contributed by atoms with Crippen molar-refractivity contribution in [3.63, 3.8) is 0 Å². The van der Waals surface area contributed by atoms with E-state index in [2.05, 4.69) is 31.1 Å². The van der Waals surface area contributed by atoms with E-state index in [-0.39, 0.29) is 0 Å². The van der Waals surface area contributed by atoms with Gasteiger partial charge < -0.3 is 10.2 Å². The number of rotatable bonds is 6. The summed E-state index contributed by atoms with van der Waals surface area (Å²) in [5, 5.41) is 3.82. The first-order valence-corrected chi connectivity index (χ1v) is 9.10. The van der Waals surface area contributed by atoms with Gasteiger partial charge in [0, 0.05) is 12.1 Å². The molecule has 2 saturated carbocycles. The van der Waals surface area contributed by atoms with Gasteiger partial charge in [0.1, 0.15) is 0 Å². The molecular formula is C18H36N2. The van der Waals surface area contributed by atoms with E-state index in [0.717, 1.165) is 23.9 Å². The zero-order valence-corrected chi connectivity index (χ0v) is 14.0. The quantitative estimate of drug-likeness (QED) is 0.738. The van der Waals surface area contributed by atoms with Crippen LogP contribution < -0.4 is 5.32 Å². The molecule has 2 nitrogen and oxygen atoms in total. The van der Waals surface area contributed by atoms with Crippen LogP contribution in [0.5, 0.6) is 0 Å². The average molecular weight is 280 g/mol. The van der Waals surface area contributed by atoms with Gasteiger partial charge in [-0.1, -0.05) is 33.1 Å². The van der Waals surface area contributed by atoms with E-state index in [0.29, 0.717) is 0 Å². The van der Waals surface area contributed by atoms with Crippen LogP contribution in [0.4, 0.5) is 0 Å². The molecule has 0 aromatic carbocycles. The number of hydrogen-bond donors (Lipinski definition) is 1. The van der Waals surface area contributed by atoms with Crippen molar-refractivity contribution in [3.05, 3.63) is 0 Å². The summed E-state index contributed by atoms with van der Waals surface area (Å²) in [5.41, 5.74) is 0. The summed E-state index contributed by atoms with van der Waals surface area (Å²) in [5.74, 6) is 1.82. The Morgan fingerprint density at radius 1 is 1.00 bits per heavy atom. The van der Waals surface area contributed by atoms with Gasteiger partial charge in [-0.05, 0) is 70.5 Å². The Bertz CT molecular complexity index is 260. The molecule has 0 heterocycles. The fourth-order valence-electron chi connectivity index (χ4n) is 4.29. The van der Waals surface area contributed by atoms with Crippen LogP contribution in [0.2, 0.25) is 0 Å². The van der Waals surface area contributed by atoms with Crippen LogP contribution in [0.25, 0.3) is 0 Å². The van der Waals surface area contributed by atoms with Crippen molar-refractivity contribution in [2.24, 2.45) is 11.8 Å². The van der Waals surface area contributed by atoms with Gasteiger partial charge in [-0.2, -0.15) is 0 Å². The van der Waals surface area contributed by atoms with Crippen LogP contribution in [-0.4, -0.2) is 37.1 Å². The van der Waals surface area contributed by atoms with Crippen molar-refractivity contribution in [2.45, 2.75) is 83.7 Å². The van der Waals surface area contributed by atoms with Crippen LogP contribution in [0.15, 0.2) is 0 Å². The minimum absolute atomic E-state index is 0.784. The van der Waals surface area contributed by atoms with Crippen LogP contribution in [-0.2, 0) is 0 Å². The Morgan fingerprint density at radius 3 is 2.45 bits per heavy atom. The molecule has 2 fully saturated rings. The summed E-state index contributed by atoms with van der Waals surface area (Å²) in [6, 6.07) is 1.66. The minimum atomic E-state index is 0.784. The molecule has 0 aromatic rings. The second kappa shape index (κ2) is 8.38. The average Bonchev–Trinajstić information content (AvgIpc) is 2.46. The maximum atomic E-state index is 3.82. The van der Waals surface area contributed by atoms with Gasteiger partial charge in [-0.3, -0.25) is 0 Å². The van der Waals surface area contributed by atoms with Crippen molar-refractivity contribution in [2.75, 3.05) is 20.1 Å². The highest BCUT2D eigenvalue weighted by atomic mass is 15.1. The smallest absolute Gasteiger partial charge is 0.00928 e. The molecule has 2 heteroatoms. The summed E-state index contributed by atoms with van der Waals surface area (Å²) in [4.78, 5) is 2.62. The molecule has 0 amide bonds. The van der Waals surface area contributed by atoms with Gasteiger partial charge in [0.25, 0.3) is 0 Å². The first kappa shape index (κ1) is 16.3. The van der Waals surface area contributed by atoms with E-state index in [1.54, 1.807) is 0 Å². The number of nitrogens with one attached hydrogen (secondary N) is 1.